The van der Waals surface area contributed by atoms with Crippen LogP contribution in [-0.4, -0.2) is 31.8 Å². The van der Waals surface area contributed by atoms with Gasteiger partial charge in [0.15, 0.2) is 11.5 Å². The van der Waals surface area contributed by atoms with E-state index < -0.39 is 0 Å². The Labute approximate surface area is 170 Å². The molecule has 150 valence electrons. The highest BCUT2D eigenvalue weighted by atomic mass is 16.5. The van der Waals surface area contributed by atoms with Crippen molar-refractivity contribution in [2.24, 2.45) is 0 Å². The number of carbonyl (C=O) groups excluding carboxylic acids is 1. The number of amides is 1. The van der Waals surface area contributed by atoms with Gasteiger partial charge in [-0.25, -0.2) is 0 Å². The van der Waals surface area contributed by atoms with Crippen LogP contribution in [0.4, 0.5) is 5.69 Å². The number of aromatic hydroxyl groups is 1. The summed E-state index contributed by atoms with van der Waals surface area (Å²) in [6.07, 6.45) is 5.54. The number of para-hydroxylation sites is 1. The van der Waals surface area contributed by atoms with Gasteiger partial charge in [-0.2, -0.15) is 5.26 Å². The first-order valence-corrected chi connectivity index (χ1v) is 9.16. The molecule has 1 amide bonds. The Balaban J connectivity index is 2.29. The van der Waals surface area contributed by atoms with E-state index in [1.165, 1.54) is 20.3 Å². The molecule has 2 rings (SSSR count). The van der Waals surface area contributed by atoms with Gasteiger partial charge in [-0.05, 0) is 42.3 Å². The first-order chi connectivity index (χ1) is 14.0. The van der Waals surface area contributed by atoms with Crippen molar-refractivity contribution in [2.45, 2.75) is 13.3 Å². The number of carbonyl (C=O) groups is 1. The second kappa shape index (κ2) is 10.6. The zero-order valence-corrected chi connectivity index (χ0v) is 16.8. The molecule has 1 N–H and O–H groups in total. The van der Waals surface area contributed by atoms with Crippen molar-refractivity contribution in [2.75, 3.05) is 25.7 Å². The summed E-state index contributed by atoms with van der Waals surface area (Å²) in [6, 6.07) is 14.5. The van der Waals surface area contributed by atoms with Gasteiger partial charge in [-0.1, -0.05) is 37.3 Å². The van der Waals surface area contributed by atoms with Crippen LogP contribution in [-0.2, 0) is 4.79 Å². The van der Waals surface area contributed by atoms with Crippen molar-refractivity contribution < 1.29 is 19.4 Å². The van der Waals surface area contributed by atoms with E-state index in [4.69, 9.17) is 9.47 Å². The number of anilines is 1. The fourth-order valence-corrected chi connectivity index (χ4v) is 2.75. The number of phenolic OH excluding ortho intramolecular Hbond substituents is 1. The maximum absolute atomic E-state index is 12.9. The normalized spacial score (nSPS) is 11.2. The Hall–Kier alpha value is -3.72. The predicted molar refractivity (Wildman–Crippen MR) is 113 cm³/mol. The Morgan fingerprint density at radius 3 is 2.31 bits per heavy atom. The second-order valence-corrected chi connectivity index (χ2v) is 6.12. The highest BCUT2D eigenvalue weighted by molar-refractivity contribution is 6.08. The first-order valence-electron chi connectivity index (χ1n) is 9.16. The third-order valence-corrected chi connectivity index (χ3v) is 4.16. The molecule has 0 spiro atoms. The largest absolute Gasteiger partial charge is 0.502 e. The lowest BCUT2D eigenvalue weighted by molar-refractivity contribution is -0.114. The number of rotatable bonds is 8. The van der Waals surface area contributed by atoms with Gasteiger partial charge in [0.2, 0.25) is 5.75 Å². The minimum Gasteiger partial charge on any atom is -0.502 e. The molecule has 0 aliphatic rings. The molecule has 0 saturated heterocycles. The fraction of sp³-hybridized carbons (Fsp3) is 0.217. The monoisotopic (exact) mass is 392 g/mol. The summed E-state index contributed by atoms with van der Waals surface area (Å²) >= 11 is 0. The molecule has 0 heterocycles. The number of allylic oxidation sites excluding steroid dienone is 2. The van der Waals surface area contributed by atoms with E-state index in [2.05, 4.69) is 0 Å². The van der Waals surface area contributed by atoms with Crippen LogP contribution < -0.4 is 14.4 Å². The van der Waals surface area contributed by atoms with Gasteiger partial charge in [0.1, 0.15) is 11.6 Å². The maximum Gasteiger partial charge on any atom is 0.268 e. The lowest BCUT2D eigenvalue weighted by Crippen LogP contribution is -2.32. The van der Waals surface area contributed by atoms with E-state index in [-0.39, 0.29) is 28.7 Å². The molecule has 0 atom stereocenters. The predicted octanol–water partition coefficient (Wildman–Crippen LogP) is 4.32. The standard InChI is InChI=1S/C23H24N2O4/c1-4-13-25(19-11-6-5-7-12-19)23(27)18(16-24)10-8-9-17-14-20(28-2)22(26)21(15-17)29-3/h5-12,14-15,26H,4,13H2,1-3H3. The molecule has 0 unspecified atom stereocenters. The molecule has 0 bridgehead atoms. The van der Waals surface area contributed by atoms with Crippen molar-refractivity contribution >= 4 is 17.7 Å². The Morgan fingerprint density at radius 2 is 1.79 bits per heavy atom. The minimum atomic E-state index is -0.355. The Bertz CT molecular complexity index is 918. The van der Waals surface area contributed by atoms with Crippen LogP contribution in [0.15, 0.2) is 60.2 Å². The van der Waals surface area contributed by atoms with Crippen molar-refractivity contribution in [3.05, 3.63) is 65.8 Å². The Kier molecular flexibility index (Phi) is 7.87. The quantitative estimate of drug-likeness (QED) is 0.411. The number of ether oxygens (including phenoxy) is 2. The smallest absolute Gasteiger partial charge is 0.268 e. The molecule has 6 heteroatoms. The average molecular weight is 392 g/mol. The summed E-state index contributed by atoms with van der Waals surface area (Å²) in [5.74, 6) is 0.0882. The van der Waals surface area contributed by atoms with Crippen molar-refractivity contribution in [3.63, 3.8) is 0 Å². The number of nitriles is 1. The summed E-state index contributed by atoms with van der Waals surface area (Å²) in [4.78, 5) is 14.5. The van der Waals surface area contributed by atoms with Crippen LogP contribution in [0.25, 0.3) is 6.08 Å². The van der Waals surface area contributed by atoms with Gasteiger partial charge in [-0.15, -0.1) is 0 Å². The summed E-state index contributed by atoms with van der Waals surface area (Å²) in [5, 5.41) is 19.5. The molecule has 29 heavy (non-hydrogen) atoms. The fourth-order valence-electron chi connectivity index (χ4n) is 2.75. The van der Waals surface area contributed by atoms with E-state index in [0.29, 0.717) is 12.1 Å². The van der Waals surface area contributed by atoms with Crippen LogP contribution in [0.2, 0.25) is 0 Å². The molecule has 0 fully saturated rings. The van der Waals surface area contributed by atoms with Crippen LogP contribution in [0, 0.1) is 11.3 Å². The van der Waals surface area contributed by atoms with Gasteiger partial charge in [-0.3, -0.25) is 4.79 Å². The first kappa shape index (κ1) is 21.6. The van der Waals surface area contributed by atoms with Crippen LogP contribution in [0.5, 0.6) is 17.2 Å². The van der Waals surface area contributed by atoms with E-state index in [0.717, 1.165) is 12.1 Å². The molecule has 2 aromatic carbocycles. The van der Waals surface area contributed by atoms with E-state index in [9.17, 15) is 15.2 Å². The molecule has 0 saturated carbocycles. The Morgan fingerprint density at radius 1 is 1.17 bits per heavy atom. The number of benzene rings is 2. The zero-order chi connectivity index (χ0) is 21.2. The number of nitrogens with zero attached hydrogens (tertiary/aromatic N) is 2. The lowest BCUT2D eigenvalue weighted by Gasteiger charge is -2.21. The van der Waals surface area contributed by atoms with Gasteiger partial charge in [0.25, 0.3) is 5.91 Å². The van der Waals surface area contributed by atoms with Crippen molar-refractivity contribution in [3.8, 4) is 23.3 Å². The van der Waals surface area contributed by atoms with E-state index in [1.54, 1.807) is 29.2 Å². The highest BCUT2D eigenvalue weighted by Crippen LogP contribution is 2.37. The summed E-state index contributed by atoms with van der Waals surface area (Å²) in [7, 11) is 2.89. The van der Waals surface area contributed by atoms with Crippen LogP contribution >= 0.6 is 0 Å². The highest BCUT2D eigenvalue weighted by Gasteiger charge is 2.18. The molecule has 0 aromatic heterocycles. The van der Waals surface area contributed by atoms with Crippen LogP contribution in [0.3, 0.4) is 0 Å². The number of methoxy groups -OCH3 is 2. The average Bonchev–Trinajstić information content (AvgIpc) is 2.76. The molecule has 2 aromatic rings. The number of hydrogen-bond donors (Lipinski definition) is 1. The van der Waals surface area contributed by atoms with Gasteiger partial charge in [0, 0.05) is 12.2 Å². The summed E-state index contributed by atoms with van der Waals surface area (Å²) < 4.78 is 10.3. The second-order valence-electron chi connectivity index (χ2n) is 6.12. The molecular weight excluding hydrogens is 368 g/mol. The lowest BCUT2D eigenvalue weighted by atomic mass is 10.1. The van der Waals surface area contributed by atoms with Crippen LogP contribution in [0.1, 0.15) is 18.9 Å². The van der Waals surface area contributed by atoms with Gasteiger partial charge < -0.3 is 19.5 Å². The van der Waals surface area contributed by atoms with Gasteiger partial charge in [0.05, 0.1) is 14.2 Å². The number of phenols is 1. The molecule has 0 aliphatic heterocycles. The van der Waals surface area contributed by atoms with E-state index >= 15 is 0 Å². The molecular formula is C23H24N2O4. The molecule has 6 nitrogen and oxygen atoms in total. The number of hydrogen-bond acceptors (Lipinski definition) is 5. The van der Waals surface area contributed by atoms with Crippen molar-refractivity contribution in [1.29, 1.82) is 5.26 Å². The summed E-state index contributed by atoms with van der Waals surface area (Å²) in [5.41, 5.74) is 1.46. The molecule has 0 aliphatic carbocycles. The third-order valence-electron chi connectivity index (χ3n) is 4.16. The minimum absolute atomic E-state index is 0.0243. The topological polar surface area (TPSA) is 82.8 Å². The van der Waals surface area contributed by atoms with E-state index in [1.807, 2.05) is 43.3 Å². The maximum atomic E-state index is 12.9. The SMILES string of the molecule is CCCN(C(=O)C(C#N)=CC=Cc1cc(OC)c(O)c(OC)c1)c1ccccc1. The molecule has 0 radical (unpaired) electrons. The van der Waals surface area contributed by atoms with Crippen molar-refractivity contribution in [1.82, 2.24) is 0 Å². The summed E-state index contributed by atoms with van der Waals surface area (Å²) in [6.45, 7) is 2.49. The zero-order valence-electron chi connectivity index (χ0n) is 16.8. The van der Waals surface area contributed by atoms with Gasteiger partial charge >= 0.3 is 0 Å². The third kappa shape index (κ3) is 5.39.